The molecular formula is C22H25ClN2O2. The van der Waals surface area contributed by atoms with Gasteiger partial charge < -0.3 is 19.3 Å². The maximum absolute atomic E-state index is 6.19. The van der Waals surface area contributed by atoms with Gasteiger partial charge in [0.2, 0.25) is 6.79 Å². The van der Waals surface area contributed by atoms with Gasteiger partial charge in [-0.25, -0.2) is 0 Å². The lowest BCUT2D eigenvalue weighted by atomic mass is 9.95. The number of hydrogen-bond acceptors (Lipinski definition) is 4. The van der Waals surface area contributed by atoms with Crippen LogP contribution >= 0.6 is 11.6 Å². The Hall–Kier alpha value is -2.01. The van der Waals surface area contributed by atoms with Crippen molar-refractivity contribution in [3.63, 3.8) is 0 Å². The molecule has 0 bridgehead atoms. The van der Waals surface area contributed by atoms with E-state index in [4.69, 9.17) is 21.1 Å². The number of benzene rings is 2. The van der Waals surface area contributed by atoms with E-state index >= 15 is 0 Å². The van der Waals surface area contributed by atoms with Gasteiger partial charge >= 0.3 is 0 Å². The number of halogens is 1. The Morgan fingerprint density at radius 1 is 0.963 bits per heavy atom. The monoisotopic (exact) mass is 384 g/mol. The third kappa shape index (κ3) is 4.29. The molecule has 2 aromatic carbocycles. The van der Waals surface area contributed by atoms with Crippen LogP contribution in [-0.2, 0) is 0 Å². The molecule has 0 amide bonds. The summed E-state index contributed by atoms with van der Waals surface area (Å²) in [7, 11) is 2.19. The van der Waals surface area contributed by atoms with Crippen molar-refractivity contribution in [3.05, 3.63) is 64.7 Å². The molecule has 0 aliphatic carbocycles. The van der Waals surface area contributed by atoms with E-state index in [0.717, 1.165) is 67.3 Å². The van der Waals surface area contributed by atoms with E-state index in [0.29, 0.717) is 5.02 Å². The molecule has 2 aromatic rings. The van der Waals surface area contributed by atoms with Gasteiger partial charge in [0.15, 0.2) is 0 Å². The Morgan fingerprint density at radius 2 is 1.70 bits per heavy atom. The molecule has 2 aliphatic heterocycles. The highest BCUT2D eigenvalue weighted by Gasteiger charge is 2.19. The van der Waals surface area contributed by atoms with Gasteiger partial charge in [0.1, 0.15) is 11.5 Å². The van der Waals surface area contributed by atoms with Crippen molar-refractivity contribution in [3.8, 4) is 11.5 Å². The molecule has 0 radical (unpaired) electrons. The van der Waals surface area contributed by atoms with Crippen molar-refractivity contribution in [2.24, 2.45) is 0 Å². The zero-order valence-corrected chi connectivity index (χ0v) is 16.4. The molecule has 27 heavy (non-hydrogen) atoms. The molecule has 142 valence electrons. The second-order valence-corrected chi connectivity index (χ2v) is 7.53. The third-order valence-electron chi connectivity index (χ3n) is 5.23. The summed E-state index contributed by atoms with van der Waals surface area (Å²) in [4.78, 5) is 4.91. The summed E-state index contributed by atoms with van der Waals surface area (Å²) in [5.41, 5.74) is 3.31. The van der Waals surface area contributed by atoms with Crippen LogP contribution < -0.4 is 9.47 Å². The normalized spacial score (nSPS) is 19.4. The number of hydrogen-bond donors (Lipinski definition) is 0. The van der Waals surface area contributed by atoms with E-state index in [2.05, 4.69) is 35.1 Å². The number of nitrogens with zero attached hydrogens (tertiary/aromatic N) is 2. The highest BCUT2D eigenvalue weighted by Crippen LogP contribution is 2.39. The van der Waals surface area contributed by atoms with Crippen molar-refractivity contribution in [1.29, 1.82) is 0 Å². The lowest BCUT2D eigenvalue weighted by Gasteiger charge is -2.32. The molecule has 0 unspecified atom stereocenters. The zero-order valence-electron chi connectivity index (χ0n) is 15.7. The number of para-hydroxylation sites is 1. The van der Waals surface area contributed by atoms with Gasteiger partial charge in [-0.3, -0.25) is 0 Å². The minimum atomic E-state index is 0.179. The molecule has 5 heteroatoms. The van der Waals surface area contributed by atoms with Crippen LogP contribution in [0, 0.1) is 0 Å². The fourth-order valence-electron chi connectivity index (χ4n) is 3.64. The van der Waals surface area contributed by atoms with E-state index in [9.17, 15) is 0 Å². The van der Waals surface area contributed by atoms with Gasteiger partial charge in [-0.1, -0.05) is 35.9 Å². The molecule has 4 rings (SSSR count). The van der Waals surface area contributed by atoms with Gasteiger partial charge in [-0.05, 0) is 43.3 Å². The first kappa shape index (κ1) is 18.4. The number of rotatable bonds is 3. The van der Waals surface area contributed by atoms with E-state index < -0.39 is 0 Å². The largest absolute Gasteiger partial charge is 0.457 e. The molecule has 1 fully saturated rings. The Labute approximate surface area is 165 Å². The van der Waals surface area contributed by atoms with Crippen LogP contribution in [0.3, 0.4) is 0 Å². The van der Waals surface area contributed by atoms with Crippen LogP contribution in [-0.4, -0.2) is 56.4 Å². The summed E-state index contributed by atoms with van der Waals surface area (Å²) >= 11 is 6.19. The van der Waals surface area contributed by atoms with E-state index in [1.807, 2.05) is 30.3 Å². The third-order valence-corrected chi connectivity index (χ3v) is 5.46. The summed E-state index contributed by atoms with van der Waals surface area (Å²) in [6, 6.07) is 14.0. The van der Waals surface area contributed by atoms with Gasteiger partial charge in [0.25, 0.3) is 0 Å². The van der Waals surface area contributed by atoms with Crippen LogP contribution in [0.5, 0.6) is 11.5 Å². The molecule has 1 saturated heterocycles. The predicted octanol–water partition coefficient (Wildman–Crippen LogP) is 4.14. The quantitative estimate of drug-likeness (QED) is 0.794. The summed E-state index contributed by atoms with van der Waals surface area (Å²) in [6.45, 7) is 5.79. The fraction of sp³-hybridized carbons (Fsp3) is 0.364. The Morgan fingerprint density at radius 3 is 2.56 bits per heavy atom. The van der Waals surface area contributed by atoms with Crippen molar-refractivity contribution < 1.29 is 9.47 Å². The van der Waals surface area contributed by atoms with Crippen LogP contribution in [0.2, 0.25) is 5.02 Å². The molecule has 0 aromatic heterocycles. The van der Waals surface area contributed by atoms with Gasteiger partial charge in [-0.2, -0.15) is 0 Å². The lowest BCUT2D eigenvalue weighted by molar-refractivity contribution is 0.118. The summed E-state index contributed by atoms with van der Waals surface area (Å²) in [5, 5.41) is 0.666. The molecule has 2 heterocycles. The van der Waals surface area contributed by atoms with Crippen LogP contribution in [0.1, 0.15) is 17.5 Å². The number of fused-ring (bicyclic) bond motifs is 2. The average molecular weight is 385 g/mol. The first-order valence-corrected chi connectivity index (χ1v) is 9.84. The lowest BCUT2D eigenvalue weighted by Crippen LogP contribution is -2.44. The first-order valence-electron chi connectivity index (χ1n) is 9.47. The molecular weight excluding hydrogens is 360 g/mol. The predicted molar refractivity (Wildman–Crippen MR) is 110 cm³/mol. The second-order valence-electron chi connectivity index (χ2n) is 7.09. The van der Waals surface area contributed by atoms with Crippen LogP contribution in [0.15, 0.2) is 48.5 Å². The smallest absolute Gasteiger partial charge is 0.230 e. The maximum atomic E-state index is 6.19. The minimum Gasteiger partial charge on any atom is -0.457 e. The minimum absolute atomic E-state index is 0.179. The number of ether oxygens (including phenoxy) is 2. The Bertz CT molecular complexity index is 829. The molecule has 2 aliphatic rings. The molecule has 0 spiro atoms. The van der Waals surface area contributed by atoms with Gasteiger partial charge in [-0.15, -0.1) is 0 Å². The van der Waals surface area contributed by atoms with Crippen molar-refractivity contribution >= 4 is 17.2 Å². The highest BCUT2D eigenvalue weighted by atomic mass is 35.5. The highest BCUT2D eigenvalue weighted by molar-refractivity contribution is 6.30. The number of likely N-dealkylation sites (N-methyl/N-ethyl adjacent to an activating group) is 1. The summed E-state index contributed by atoms with van der Waals surface area (Å²) < 4.78 is 11.7. The first-order chi connectivity index (χ1) is 13.2. The van der Waals surface area contributed by atoms with Crippen molar-refractivity contribution in [2.75, 3.05) is 46.6 Å². The Balaban J connectivity index is 1.63. The fourth-order valence-corrected chi connectivity index (χ4v) is 3.80. The van der Waals surface area contributed by atoms with Gasteiger partial charge in [0.05, 0.1) is 0 Å². The number of piperazine rings is 1. The average Bonchev–Trinajstić information content (AvgIpc) is 2.67. The van der Waals surface area contributed by atoms with E-state index in [-0.39, 0.29) is 6.79 Å². The zero-order chi connectivity index (χ0) is 18.6. The standard InChI is InChI=1S/C22H25ClN2O2/c1-24-11-13-25(14-12-24)10-4-6-18-19-5-2-3-7-21(19)26-16-27-22-15-17(23)8-9-20(18)22/h2-3,5-9,15H,4,10-14,16H2,1H3/b18-6-. The van der Waals surface area contributed by atoms with Gasteiger partial charge in [0, 0.05) is 48.9 Å². The maximum Gasteiger partial charge on any atom is 0.230 e. The summed E-state index contributed by atoms with van der Waals surface area (Å²) in [6.07, 6.45) is 3.29. The summed E-state index contributed by atoms with van der Waals surface area (Å²) in [5.74, 6) is 1.62. The Kier molecular flexibility index (Phi) is 5.67. The van der Waals surface area contributed by atoms with E-state index in [1.54, 1.807) is 0 Å². The molecule has 0 saturated carbocycles. The van der Waals surface area contributed by atoms with Crippen LogP contribution in [0.4, 0.5) is 0 Å². The van der Waals surface area contributed by atoms with Crippen molar-refractivity contribution in [1.82, 2.24) is 9.80 Å². The van der Waals surface area contributed by atoms with E-state index in [1.165, 1.54) is 0 Å². The second kappa shape index (κ2) is 8.34. The van der Waals surface area contributed by atoms with Crippen LogP contribution in [0.25, 0.3) is 5.57 Å². The topological polar surface area (TPSA) is 24.9 Å². The molecule has 4 nitrogen and oxygen atoms in total. The molecule has 0 atom stereocenters. The SMILES string of the molecule is CN1CCN(CC/C=C2/c3ccccc3OCOc3cc(Cl)ccc32)CC1. The van der Waals surface area contributed by atoms with Crippen molar-refractivity contribution in [2.45, 2.75) is 6.42 Å². The molecule has 0 N–H and O–H groups in total.